The average molecular weight is 452 g/mol. The van der Waals surface area contributed by atoms with Crippen LogP contribution in [0.5, 0.6) is 0 Å². The van der Waals surface area contributed by atoms with Gasteiger partial charge in [0.1, 0.15) is 6.10 Å². The molecule has 4 atom stereocenters. The fraction of sp³-hybridized carbons (Fsp3) is 0.481. The third-order valence-electron chi connectivity index (χ3n) is 6.76. The molecule has 0 radical (unpaired) electrons. The lowest BCUT2D eigenvalue weighted by Gasteiger charge is -2.35. The van der Waals surface area contributed by atoms with E-state index >= 15 is 0 Å². The van der Waals surface area contributed by atoms with Crippen LogP contribution < -0.4 is 0 Å². The number of hydrogen-bond acceptors (Lipinski definition) is 5. The van der Waals surface area contributed by atoms with Crippen LogP contribution >= 0.6 is 0 Å². The summed E-state index contributed by atoms with van der Waals surface area (Å²) in [5, 5.41) is 0. The Hall–Kier alpha value is -2.70. The van der Waals surface area contributed by atoms with Crippen molar-refractivity contribution in [2.45, 2.75) is 63.5 Å². The normalized spacial score (nSPS) is 23.6. The second-order valence-corrected chi connectivity index (χ2v) is 8.87. The molecule has 2 saturated heterocycles. The number of hydrogen-bond donors (Lipinski definition) is 0. The Morgan fingerprint density at radius 2 is 1.64 bits per heavy atom. The minimum absolute atomic E-state index is 0.102. The summed E-state index contributed by atoms with van der Waals surface area (Å²) in [5.74, 6) is -0.390. The highest BCUT2D eigenvalue weighted by Gasteiger charge is 2.47. The van der Waals surface area contributed by atoms with Crippen LogP contribution in [0.15, 0.2) is 60.7 Å². The largest absolute Gasteiger partial charge is 0.469 e. The quantitative estimate of drug-likeness (QED) is 0.537. The lowest BCUT2D eigenvalue weighted by Crippen LogP contribution is -2.50. The van der Waals surface area contributed by atoms with Crippen molar-refractivity contribution in [3.05, 3.63) is 71.8 Å². The highest BCUT2D eigenvalue weighted by molar-refractivity contribution is 5.80. The first kappa shape index (κ1) is 23.5. The van der Waals surface area contributed by atoms with Crippen molar-refractivity contribution in [1.29, 1.82) is 0 Å². The minimum atomic E-state index is -0.278. The van der Waals surface area contributed by atoms with Crippen LogP contribution in [0.4, 0.5) is 0 Å². The molecule has 4 rings (SSSR count). The summed E-state index contributed by atoms with van der Waals surface area (Å²) in [7, 11) is 1.43. The van der Waals surface area contributed by atoms with Gasteiger partial charge in [0.2, 0.25) is 5.91 Å². The Morgan fingerprint density at radius 3 is 2.30 bits per heavy atom. The van der Waals surface area contributed by atoms with Crippen molar-refractivity contribution >= 4 is 11.9 Å². The van der Waals surface area contributed by atoms with Gasteiger partial charge < -0.3 is 19.1 Å². The van der Waals surface area contributed by atoms with Crippen LogP contribution in [-0.2, 0) is 37.0 Å². The highest BCUT2D eigenvalue weighted by atomic mass is 16.5. The fourth-order valence-electron chi connectivity index (χ4n) is 5.13. The zero-order valence-corrected chi connectivity index (χ0v) is 19.2. The van der Waals surface area contributed by atoms with Gasteiger partial charge in [-0.15, -0.1) is 0 Å². The van der Waals surface area contributed by atoms with E-state index in [2.05, 4.69) is 0 Å². The molecule has 1 amide bonds. The molecule has 2 aliphatic rings. The molecule has 6 nitrogen and oxygen atoms in total. The number of nitrogens with zero attached hydrogens (tertiary/aromatic N) is 1. The van der Waals surface area contributed by atoms with Crippen LogP contribution in [-0.4, -0.2) is 48.7 Å². The summed E-state index contributed by atoms with van der Waals surface area (Å²) >= 11 is 0. The standard InChI is InChI=1S/C27H33NO5/c1-31-27(30)22-13-8-14-26(29)28-23(22)15-16-24(28)25(33-18-21-11-6-3-7-12-21)19-32-17-20-9-4-2-5-10-20/h2-7,9-12,22-25H,8,13-19H2,1H3/t22-,23-,24-,25+/m0/s1. The number of fused-ring (bicyclic) bond motifs is 1. The molecule has 0 unspecified atom stereocenters. The Balaban J connectivity index is 1.50. The third kappa shape index (κ3) is 5.81. The minimum Gasteiger partial charge on any atom is -0.469 e. The number of esters is 1. The third-order valence-corrected chi connectivity index (χ3v) is 6.76. The first-order valence-corrected chi connectivity index (χ1v) is 11.8. The number of amides is 1. The van der Waals surface area contributed by atoms with Gasteiger partial charge in [0.25, 0.3) is 0 Å². The van der Waals surface area contributed by atoms with E-state index in [-0.39, 0.29) is 36.0 Å². The topological polar surface area (TPSA) is 65.1 Å². The molecule has 2 aromatic carbocycles. The van der Waals surface area contributed by atoms with Gasteiger partial charge in [-0.1, -0.05) is 60.7 Å². The van der Waals surface area contributed by atoms with Crippen molar-refractivity contribution in [1.82, 2.24) is 4.90 Å². The van der Waals surface area contributed by atoms with Gasteiger partial charge in [-0.05, 0) is 36.8 Å². The fourth-order valence-corrected chi connectivity index (χ4v) is 5.13. The maximum atomic E-state index is 13.1. The second-order valence-electron chi connectivity index (χ2n) is 8.87. The average Bonchev–Trinajstić information content (AvgIpc) is 3.22. The Kier molecular flexibility index (Phi) is 8.13. The summed E-state index contributed by atoms with van der Waals surface area (Å²) in [6.45, 7) is 1.32. The van der Waals surface area contributed by atoms with Gasteiger partial charge in [-0.2, -0.15) is 0 Å². The summed E-state index contributed by atoms with van der Waals surface area (Å²) in [6.07, 6.45) is 3.14. The molecule has 6 heteroatoms. The van der Waals surface area contributed by atoms with Crippen molar-refractivity contribution in [2.24, 2.45) is 5.92 Å². The molecule has 2 heterocycles. The van der Waals surface area contributed by atoms with Gasteiger partial charge in [-0.3, -0.25) is 9.59 Å². The molecule has 0 N–H and O–H groups in total. The van der Waals surface area contributed by atoms with Gasteiger partial charge in [-0.25, -0.2) is 0 Å². The van der Waals surface area contributed by atoms with Crippen molar-refractivity contribution < 1.29 is 23.8 Å². The maximum absolute atomic E-state index is 13.1. The molecule has 0 spiro atoms. The number of rotatable bonds is 9. The van der Waals surface area contributed by atoms with E-state index in [1.807, 2.05) is 65.6 Å². The first-order chi connectivity index (χ1) is 16.2. The van der Waals surface area contributed by atoms with Gasteiger partial charge in [0, 0.05) is 12.5 Å². The van der Waals surface area contributed by atoms with Crippen LogP contribution in [0.2, 0.25) is 0 Å². The second kappa shape index (κ2) is 11.4. The van der Waals surface area contributed by atoms with Crippen LogP contribution in [0.25, 0.3) is 0 Å². The molecule has 2 aliphatic heterocycles. The summed E-state index contributed by atoms with van der Waals surface area (Å²) in [5.41, 5.74) is 2.18. The molecule has 0 aromatic heterocycles. The summed E-state index contributed by atoms with van der Waals surface area (Å²) in [6, 6.07) is 19.8. The van der Waals surface area contributed by atoms with E-state index in [0.29, 0.717) is 39.1 Å². The molecule has 33 heavy (non-hydrogen) atoms. The Labute approximate surface area is 195 Å². The Bertz CT molecular complexity index is 903. The van der Waals surface area contributed by atoms with E-state index in [0.717, 1.165) is 24.0 Å². The molecule has 0 bridgehead atoms. The predicted molar refractivity (Wildman–Crippen MR) is 124 cm³/mol. The van der Waals surface area contributed by atoms with Crippen molar-refractivity contribution in [2.75, 3.05) is 13.7 Å². The van der Waals surface area contributed by atoms with E-state index < -0.39 is 0 Å². The number of benzene rings is 2. The SMILES string of the molecule is COC(=O)[C@H]1CCCC(=O)N2[C@H]1CC[C@H]2[C@@H](COCc1ccccc1)OCc1ccccc1. The molecule has 0 saturated carbocycles. The van der Waals surface area contributed by atoms with Gasteiger partial charge >= 0.3 is 5.97 Å². The molecule has 0 aliphatic carbocycles. The van der Waals surface area contributed by atoms with Gasteiger partial charge in [0.15, 0.2) is 0 Å². The highest BCUT2D eigenvalue weighted by Crippen LogP contribution is 2.38. The molecule has 2 aromatic rings. The monoisotopic (exact) mass is 451 g/mol. The van der Waals surface area contributed by atoms with Crippen molar-refractivity contribution in [3.63, 3.8) is 0 Å². The van der Waals surface area contributed by atoms with Crippen LogP contribution in [0, 0.1) is 5.92 Å². The number of carbonyl (C=O) groups excluding carboxylic acids is 2. The van der Waals surface area contributed by atoms with E-state index in [9.17, 15) is 9.59 Å². The predicted octanol–water partition coefficient (Wildman–Crippen LogP) is 4.12. The van der Waals surface area contributed by atoms with Gasteiger partial charge in [0.05, 0.1) is 38.9 Å². The summed E-state index contributed by atoms with van der Waals surface area (Å²) in [4.78, 5) is 27.5. The van der Waals surface area contributed by atoms with Crippen LogP contribution in [0.3, 0.4) is 0 Å². The first-order valence-electron chi connectivity index (χ1n) is 11.8. The molecule has 176 valence electrons. The number of methoxy groups -OCH3 is 1. The number of ether oxygens (including phenoxy) is 3. The lowest BCUT2D eigenvalue weighted by molar-refractivity contribution is -0.150. The van der Waals surface area contributed by atoms with E-state index in [4.69, 9.17) is 14.2 Å². The van der Waals surface area contributed by atoms with E-state index in [1.165, 1.54) is 7.11 Å². The van der Waals surface area contributed by atoms with Crippen molar-refractivity contribution in [3.8, 4) is 0 Å². The molecular formula is C27H33NO5. The van der Waals surface area contributed by atoms with Crippen LogP contribution in [0.1, 0.15) is 43.2 Å². The number of carbonyl (C=O) groups is 2. The smallest absolute Gasteiger partial charge is 0.310 e. The van der Waals surface area contributed by atoms with E-state index in [1.54, 1.807) is 0 Å². The maximum Gasteiger partial charge on any atom is 0.310 e. The molecular weight excluding hydrogens is 418 g/mol. The zero-order valence-electron chi connectivity index (χ0n) is 19.2. The summed E-state index contributed by atoms with van der Waals surface area (Å²) < 4.78 is 17.5. The molecule has 2 fully saturated rings. The lowest BCUT2D eigenvalue weighted by atomic mass is 9.94. The Morgan fingerprint density at radius 1 is 0.970 bits per heavy atom. The zero-order chi connectivity index (χ0) is 23.0.